The van der Waals surface area contributed by atoms with Crippen LogP contribution in [-0.2, 0) is 16.1 Å². The Labute approximate surface area is 150 Å². The van der Waals surface area contributed by atoms with Crippen LogP contribution in [0.2, 0.25) is 0 Å². The molecule has 0 radical (unpaired) electrons. The molecular weight excluding hydrogens is 334 g/mol. The van der Waals surface area contributed by atoms with Crippen LogP contribution in [0.15, 0.2) is 54.9 Å². The number of rotatable bonds is 6. The summed E-state index contributed by atoms with van der Waals surface area (Å²) in [4.78, 5) is 28.3. The van der Waals surface area contributed by atoms with Crippen molar-refractivity contribution in [2.45, 2.75) is 19.4 Å². The van der Waals surface area contributed by atoms with Crippen LogP contribution in [-0.4, -0.2) is 33.3 Å². The second-order valence-electron chi connectivity index (χ2n) is 5.67. The van der Waals surface area contributed by atoms with Crippen LogP contribution in [0.4, 0.5) is 10.5 Å². The Morgan fingerprint density at radius 1 is 1.15 bits per heavy atom. The van der Waals surface area contributed by atoms with E-state index >= 15 is 0 Å². The van der Waals surface area contributed by atoms with Crippen molar-refractivity contribution in [2.24, 2.45) is 0 Å². The van der Waals surface area contributed by atoms with E-state index in [1.807, 2.05) is 24.3 Å². The first-order chi connectivity index (χ1) is 12.7. The number of hydrogen-bond donors (Lipinski definition) is 2. The van der Waals surface area contributed by atoms with Gasteiger partial charge >= 0.3 is 6.09 Å². The quantitative estimate of drug-likeness (QED) is 0.665. The fourth-order valence-corrected chi connectivity index (χ4v) is 2.60. The number of benzene rings is 1. The van der Waals surface area contributed by atoms with Gasteiger partial charge in [0.25, 0.3) is 0 Å². The predicted octanol–water partition coefficient (Wildman–Crippen LogP) is 2.93. The summed E-state index contributed by atoms with van der Waals surface area (Å²) in [7, 11) is 0. The van der Waals surface area contributed by atoms with E-state index in [0.717, 1.165) is 10.9 Å². The highest BCUT2D eigenvalue weighted by molar-refractivity contribution is 6.00. The highest BCUT2D eigenvalue weighted by atomic mass is 16.5. The third-order valence-electron chi connectivity index (χ3n) is 3.87. The summed E-state index contributed by atoms with van der Waals surface area (Å²) in [6, 6.07) is 12.6. The van der Waals surface area contributed by atoms with Gasteiger partial charge in [0.1, 0.15) is 0 Å². The van der Waals surface area contributed by atoms with E-state index in [0.29, 0.717) is 17.8 Å². The van der Waals surface area contributed by atoms with Crippen LogP contribution < -0.4 is 5.32 Å². The number of nitrogens with zero attached hydrogens (tertiary/aromatic N) is 2. The van der Waals surface area contributed by atoms with Gasteiger partial charge in [-0.25, -0.2) is 4.79 Å². The summed E-state index contributed by atoms with van der Waals surface area (Å²) in [6.45, 7) is -0.132. The van der Waals surface area contributed by atoms with Crippen molar-refractivity contribution in [3.8, 4) is 0 Å². The lowest BCUT2D eigenvalue weighted by Gasteiger charge is -2.09. The molecule has 0 saturated carbocycles. The lowest BCUT2D eigenvalue weighted by Crippen LogP contribution is -2.17. The molecule has 3 aromatic rings. The number of carbonyl (C=O) groups excluding carboxylic acids is 2. The molecule has 0 spiro atoms. The van der Waals surface area contributed by atoms with Crippen LogP contribution in [0.5, 0.6) is 0 Å². The minimum atomic E-state index is -0.572. The van der Waals surface area contributed by atoms with Crippen molar-refractivity contribution in [1.29, 1.82) is 0 Å². The second-order valence-corrected chi connectivity index (χ2v) is 5.67. The number of aliphatic hydroxyl groups is 1. The number of hydrogen-bond acceptors (Lipinski definition) is 5. The standard InChI is InChI=1S/C19H19N3O4/c23-13-15-7-3-11-22(15)19(25)26-12-4-9-17(24)21-16-8-1-5-14-6-2-10-20-18(14)16/h1-3,5-8,10-11,23H,4,9,12-13H2,(H,21,24). The Balaban J connectivity index is 1.48. The van der Waals surface area contributed by atoms with Crippen LogP contribution >= 0.6 is 0 Å². The van der Waals surface area contributed by atoms with Gasteiger partial charge in [-0.05, 0) is 30.7 Å². The Kier molecular flexibility index (Phi) is 5.60. The number of pyridine rings is 1. The monoisotopic (exact) mass is 353 g/mol. The fraction of sp³-hybridized carbons (Fsp3) is 0.211. The Bertz CT molecular complexity index is 915. The van der Waals surface area contributed by atoms with Crippen molar-refractivity contribution < 1.29 is 19.4 Å². The second kappa shape index (κ2) is 8.26. The maximum atomic E-state index is 12.1. The molecule has 0 aliphatic rings. The third kappa shape index (κ3) is 4.07. The molecular formula is C19H19N3O4. The van der Waals surface area contributed by atoms with E-state index in [1.165, 1.54) is 10.8 Å². The smallest absolute Gasteiger partial charge is 0.418 e. The highest BCUT2D eigenvalue weighted by Gasteiger charge is 2.11. The summed E-state index contributed by atoms with van der Waals surface area (Å²) < 4.78 is 6.36. The molecule has 7 heteroatoms. The van der Waals surface area contributed by atoms with Crippen molar-refractivity contribution in [2.75, 3.05) is 11.9 Å². The number of para-hydroxylation sites is 1. The van der Waals surface area contributed by atoms with E-state index in [9.17, 15) is 9.59 Å². The van der Waals surface area contributed by atoms with Gasteiger partial charge in [0.2, 0.25) is 5.91 Å². The number of carbonyl (C=O) groups is 2. The first-order valence-corrected chi connectivity index (χ1v) is 8.27. The van der Waals surface area contributed by atoms with Gasteiger partial charge in [0.05, 0.1) is 30.1 Å². The maximum absolute atomic E-state index is 12.1. The third-order valence-corrected chi connectivity index (χ3v) is 3.87. The van der Waals surface area contributed by atoms with Crippen LogP contribution in [0, 0.1) is 0 Å². The summed E-state index contributed by atoms with van der Waals surface area (Å²) in [5.41, 5.74) is 1.85. The number of amides is 1. The van der Waals surface area contributed by atoms with E-state index in [4.69, 9.17) is 9.84 Å². The molecule has 26 heavy (non-hydrogen) atoms. The van der Waals surface area contributed by atoms with Gasteiger partial charge in [0.15, 0.2) is 0 Å². The van der Waals surface area contributed by atoms with Crippen molar-refractivity contribution in [3.63, 3.8) is 0 Å². The Morgan fingerprint density at radius 2 is 2.00 bits per heavy atom. The first-order valence-electron chi connectivity index (χ1n) is 8.27. The zero-order valence-electron chi connectivity index (χ0n) is 14.1. The molecule has 1 aromatic carbocycles. The summed E-state index contributed by atoms with van der Waals surface area (Å²) in [5.74, 6) is -0.170. The van der Waals surface area contributed by atoms with E-state index in [-0.39, 0.29) is 25.5 Å². The first kappa shape index (κ1) is 17.6. The molecule has 3 rings (SSSR count). The van der Waals surface area contributed by atoms with Gasteiger partial charge in [-0.1, -0.05) is 18.2 Å². The van der Waals surface area contributed by atoms with Crippen LogP contribution in [0.1, 0.15) is 18.5 Å². The SMILES string of the molecule is O=C(CCCOC(=O)n1cccc1CO)Nc1cccc2cccnc12. The number of aromatic nitrogens is 2. The van der Waals surface area contributed by atoms with Crippen molar-refractivity contribution in [3.05, 3.63) is 60.6 Å². The van der Waals surface area contributed by atoms with Crippen LogP contribution in [0.3, 0.4) is 0 Å². The molecule has 134 valence electrons. The molecule has 0 unspecified atom stereocenters. The molecule has 2 N–H and O–H groups in total. The number of anilines is 1. The molecule has 0 atom stereocenters. The minimum absolute atomic E-state index is 0.114. The van der Waals surface area contributed by atoms with Gasteiger partial charge < -0.3 is 15.2 Å². The highest BCUT2D eigenvalue weighted by Crippen LogP contribution is 2.20. The Hall–Kier alpha value is -3.19. The largest absolute Gasteiger partial charge is 0.449 e. The van der Waals surface area contributed by atoms with Gasteiger partial charge in [-0.2, -0.15) is 0 Å². The normalized spacial score (nSPS) is 10.7. The molecule has 7 nitrogen and oxygen atoms in total. The topological polar surface area (TPSA) is 93.5 Å². The number of ether oxygens (including phenoxy) is 1. The van der Waals surface area contributed by atoms with Crippen molar-refractivity contribution in [1.82, 2.24) is 9.55 Å². The summed E-state index contributed by atoms with van der Waals surface area (Å²) in [6.07, 6.45) is 3.24. The number of fused-ring (bicyclic) bond motifs is 1. The number of nitrogens with one attached hydrogen (secondary N) is 1. The van der Waals surface area contributed by atoms with Crippen LogP contribution in [0.25, 0.3) is 10.9 Å². The molecule has 2 aromatic heterocycles. The fourth-order valence-electron chi connectivity index (χ4n) is 2.60. The molecule has 0 aliphatic heterocycles. The molecule has 0 bridgehead atoms. The average Bonchev–Trinajstić information content (AvgIpc) is 3.14. The lowest BCUT2D eigenvalue weighted by molar-refractivity contribution is -0.116. The van der Waals surface area contributed by atoms with E-state index in [2.05, 4.69) is 10.3 Å². The minimum Gasteiger partial charge on any atom is -0.449 e. The maximum Gasteiger partial charge on any atom is 0.418 e. The van der Waals surface area contributed by atoms with Gasteiger partial charge in [-0.15, -0.1) is 0 Å². The Morgan fingerprint density at radius 3 is 2.85 bits per heavy atom. The molecule has 0 saturated heterocycles. The zero-order chi connectivity index (χ0) is 18.4. The lowest BCUT2D eigenvalue weighted by atomic mass is 10.2. The summed E-state index contributed by atoms with van der Waals surface area (Å²) in [5, 5.41) is 12.9. The summed E-state index contributed by atoms with van der Waals surface area (Å²) >= 11 is 0. The van der Waals surface area contributed by atoms with Gasteiger partial charge in [0, 0.05) is 24.2 Å². The van der Waals surface area contributed by atoms with Crippen molar-refractivity contribution >= 4 is 28.6 Å². The molecule has 0 fully saturated rings. The van der Waals surface area contributed by atoms with E-state index < -0.39 is 6.09 Å². The zero-order valence-corrected chi connectivity index (χ0v) is 14.1. The molecule has 0 aliphatic carbocycles. The van der Waals surface area contributed by atoms with E-state index in [1.54, 1.807) is 24.4 Å². The predicted molar refractivity (Wildman–Crippen MR) is 96.7 cm³/mol. The molecule has 1 amide bonds. The molecule has 2 heterocycles. The number of aliphatic hydroxyl groups excluding tert-OH is 1. The average molecular weight is 353 g/mol. The van der Waals surface area contributed by atoms with Gasteiger partial charge in [-0.3, -0.25) is 14.3 Å².